The summed E-state index contributed by atoms with van der Waals surface area (Å²) in [5.41, 5.74) is -0.514. The van der Waals surface area contributed by atoms with Gasteiger partial charge >= 0.3 is 5.97 Å². The van der Waals surface area contributed by atoms with E-state index < -0.39 is 23.1 Å². The molecular formula is C32H45FN2O6. The molecule has 0 spiro atoms. The number of halogens is 1. The van der Waals surface area contributed by atoms with Gasteiger partial charge in [-0.15, -0.1) is 0 Å². The molecule has 41 heavy (non-hydrogen) atoms. The number of fused-ring (bicyclic) bond motifs is 2. The molecule has 0 saturated heterocycles. The molecule has 5 rings (SSSR count). The van der Waals surface area contributed by atoms with E-state index in [4.69, 9.17) is 9.47 Å². The first-order valence-corrected chi connectivity index (χ1v) is 15.4. The number of carboxylic acids is 1. The third kappa shape index (κ3) is 6.19. The van der Waals surface area contributed by atoms with E-state index in [0.717, 1.165) is 38.2 Å². The van der Waals surface area contributed by atoms with Crippen LogP contribution in [0.2, 0.25) is 0 Å². The van der Waals surface area contributed by atoms with Gasteiger partial charge < -0.3 is 25.2 Å². The fraction of sp³-hybridized carbons (Fsp3) is 0.719. The van der Waals surface area contributed by atoms with Crippen LogP contribution in [-0.4, -0.2) is 48.7 Å². The van der Waals surface area contributed by atoms with Crippen LogP contribution in [0.5, 0.6) is 11.5 Å². The average Bonchev–Trinajstić information content (AvgIpc) is 3.56. The molecule has 0 aliphatic heterocycles. The van der Waals surface area contributed by atoms with E-state index in [1.54, 1.807) is 6.92 Å². The zero-order valence-corrected chi connectivity index (χ0v) is 24.6. The van der Waals surface area contributed by atoms with Crippen molar-refractivity contribution in [2.45, 2.75) is 103 Å². The molecule has 4 saturated carbocycles. The first kappa shape index (κ1) is 29.6. The zero-order chi connectivity index (χ0) is 29.4. The molecule has 226 valence electrons. The van der Waals surface area contributed by atoms with Gasteiger partial charge in [0.1, 0.15) is 5.75 Å². The molecule has 0 unspecified atom stereocenters. The smallest absolute Gasteiger partial charge is 0.309 e. The standard InChI is InChI=1S/C32H45FN2O6/c1-31(11-5-4-6-12-31)18-34-29(37)26-19-7-8-20(15-19)27(26)35-28(36)22-16-25(23(33)17-24(22)40-3)41-21-9-13-32(2,14-10-21)30(38)39/h16-17,19-21,26-27H,4-15,18H2,1-3H3,(H,34,37)(H,35,36)(H,38,39)/t19-,20+,21?,26+,27-,32?/m1/s1. The fourth-order valence-electron chi connectivity index (χ4n) is 7.82. The molecule has 1 aromatic carbocycles. The number of carboxylic acid groups (broad SMARTS) is 1. The first-order valence-electron chi connectivity index (χ1n) is 15.4. The number of nitrogens with one attached hydrogen (secondary N) is 2. The Morgan fingerprint density at radius 3 is 2.32 bits per heavy atom. The summed E-state index contributed by atoms with van der Waals surface area (Å²) in [4.78, 5) is 38.7. The molecule has 2 bridgehead atoms. The molecule has 9 heteroatoms. The number of benzene rings is 1. The predicted octanol–water partition coefficient (Wildman–Crippen LogP) is 5.48. The van der Waals surface area contributed by atoms with Crippen molar-refractivity contribution in [2.24, 2.45) is 28.6 Å². The Morgan fingerprint density at radius 2 is 1.66 bits per heavy atom. The lowest BCUT2D eigenvalue weighted by molar-refractivity contribution is -0.150. The van der Waals surface area contributed by atoms with E-state index in [0.29, 0.717) is 32.2 Å². The van der Waals surface area contributed by atoms with Crippen molar-refractivity contribution >= 4 is 17.8 Å². The van der Waals surface area contributed by atoms with Gasteiger partial charge in [-0.2, -0.15) is 0 Å². The summed E-state index contributed by atoms with van der Waals surface area (Å²) in [5, 5.41) is 15.9. The van der Waals surface area contributed by atoms with E-state index in [2.05, 4.69) is 17.6 Å². The lowest BCUT2D eigenvalue weighted by atomic mass is 9.75. The molecule has 4 fully saturated rings. The molecule has 0 heterocycles. The van der Waals surface area contributed by atoms with Gasteiger partial charge in [-0.25, -0.2) is 4.39 Å². The lowest BCUT2D eigenvalue weighted by Crippen LogP contribution is -2.51. The van der Waals surface area contributed by atoms with Gasteiger partial charge in [0.2, 0.25) is 5.91 Å². The minimum Gasteiger partial charge on any atom is -0.496 e. The Balaban J connectivity index is 1.27. The van der Waals surface area contributed by atoms with Gasteiger partial charge in [0.15, 0.2) is 11.6 Å². The quantitative estimate of drug-likeness (QED) is 0.361. The molecule has 8 nitrogen and oxygen atoms in total. The molecule has 4 aliphatic rings. The van der Waals surface area contributed by atoms with Crippen LogP contribution in [-0.2, 0) is 9.59 Å². The van der Waals surface area contributed by atoms with Gasteiger partial charge in [-0.1, -0.05) is 26.2 Å². The first-order chi connectivity index (χ1) is 19.5. The molecule has 2 amide bonds. The van der Waals surface area contributed by atoms with Crippen LogP contribution < -0.4 is 20.1 Å². The highest BCUT2D eigenvalue weighted by atomic mass is 19.1. The van der Waals surface area contributed by atoms with Crippen LogP contribution in [0.25, 0.3) is 0 Å². The van der Waals surface area contributed by atoms with Gasteiger partial charge in [-0.05, 0) is 88.0 Å². The largest absolute Gasteiger partial charge is 0.496 e. The summed E-state index contributed by atoms with van der Waals surface area (Å²) < 4.78 is 26.3. The predicted molar refractivity (Wildman–Crippen MR) is 151 cm³/mol. The van der Waals surface area contributed by atoms with E-state index in [-0.39, 0.29) is 58.3 Å². The third-order valence-electron chi connectivity index (χ3n) is 10.6. The zero-order valence-electron chi connectivity index (χ0n) is 24.6. The highest BCUT2D eigenvalue weighted by Crippen LogP contribution is 2.49. The number of carbonyl (C=O) groups excluding carboxylic acids is 2. The summed E-state index contributed by atoms with van der Waals surface area (Å²) in [7, 11) is 1.39. The van der Waals surface area contributed by atoms with E-state index in [1.165, 1.54) is 32.4 Å². The lowest BCUT2D eigenvalue weighted by Gasteiger charge is -2.36. The number of rotatable bonds is 9. The summed E-state index contributed by atoms with van der Waals surface area (Å²) in [6, 6.07) is 2.25. The second kappa shape index (κ2) is 11.8. The maximum atomic E-state index is 15.0. The minimum absolute atomic E-state index is 0.0232. The van der Waals surface area contributed by atoms with Crippen molar-refractivity contribution in [3.8, 4) is 11.5 Å². The SMILES string of the molecule is COc1cc(F)c(OC2CCC(C)(C(=O)O)CC2)cc1C(=O)N[C@@H]1[C@H]2CC[C@H](C2)[C@@H]1C(=O)NCC1(C)CCCCC1. The van der Waals surface area contributed by atoms with Crippen molar-refractivity contribution in [3.05, 3.63) is 23.5 Å². The maximum absolute atomic E-state index is 15.0. The molecule has 0 radical (unpaired) electrons. The molecule has 4 aliphatic carbocycles. The number of hydrogen-bond acceptors (Lipinski definition) is 5. The molecular weight excluding hydrogens is 527 g/mol. The maximum Gasteiger partial charge on any atom is 0.309 e. The number of methoxy groups -OCH3 is 1. The minimum atomic E-state index is -0.832. The van der Waals surface area contributed by atoms with Crippen LogP contribution in [0.1, 0.15) is 101 Å². The molecule has 4 atom stereocenters. The molecule has 0 aromatic heterocycles. The fourth-order valence-corrected chi connectivity index (χ4v) is 7.82. The Kier molecular flexibility index (Phi) is 8.53. The third-order valence-corrected chi connectivity index (χ3v) is 10.6. The highest BCUT2D eigenvalue weighted by Gasteiger charge is 2.51. The van der Waals surface area contributed by atoms with E-state index in [1.807, 2.05) is 0 Å². The number of amides is 2. The van der Waals surface area contributed by atoms with Crippen LogP contribution in [0.15, 0.2) is 12.1 Å². The number of ether oxygens (including phenoxy) is 2. The Labute approximate surface area is 242 Å². The number of aliphatic carboxylic acids is 1. The summed E-state index contributed by atoms with van der Waals surface area (Å²) >= 11 is 0. The normalized spacial score (nSPS) is 32.2. The van der Waals surface area contributed by atoms with Gasteiger partial charge in [0.05, 0.1) is 30.1 Å². The van der Waals surface area contributed by atoms with Crippen molar-refractivity contribution in [3.63, 3.8) is 0 Å². The van der Waals surface area contributed by atoms with Crippen molar-refractivity contribution in [1.29, 1.82) is 0 Å². The van der Waals surface area contributed by atoms with Crippen LogP contribution in [0.4, 0.5) is 4.39 Å². The van der Waals surface area contributed by atoms with Crippen LogP contribution in [0.3, 0.4) is 0 Å². The average molecular weight is 573 g/mol. The summed E-state index contributed by atoms with van der Waals surface area (Å²) in [5.74, 6) is -1.61. The van der Waals surface area contributed by atoms with Crippen molar-refractivity contribution < 1.29 is 33.4 Å². The number of carbonyl (C=O) groups is 3. The van der Waals surface area contributed by atoms with E-state index in [9.17, 15) is 23.9 Å². The monoisotopic (exact) mass is 572 g/mol. The van der Waals surface area contributed by atoms with Crippen molar-refractivity contribution in [1.82, 2.24) is 10.6 Å². The van der Waals surface area contributed by atoms with E-state index >= 15 is 0 Å². The summed E-state index contributed by atoms with van der Waals surface area (Å²) in [6.45, 7) is 4.65. The van der Waals surface area contributed by atoms with Crippen molar-refractivity contribution in [2.75, 3.05) is 13.7 Å². The van der Waals surface area contributed by atoms with Crippen LogP contribution >= 0.6 is 0 Å². The molecule has 1 aromatic rings. The Morgan fingerprint density at radius 1 is 0.976 bits per heavy atom. The number of hydrogen-bond donors (Lipinski definition) is 3. The molecule has 3 N–H and O–H groups in total. The van der Waals surface area contributed by atoms with Gasteiger partial charge in [0.25, 0.3) is 5.91 Å². The summed E-state index contributed by atoms with van der Waals surface area (Å²) in [6.07, 6.45) is 10.3. The highest BCUT2D eigenvalue weighted by molar-refractivity contribution is 5.98. The van der Waals surface area contributed by atoms with Gasteiger partial charge in [0, 0.05) is 18.7 Å². The second-order valence-corrected chi connectivity index (χ2v) is 13.6. The topological polar surface area (TPSA) is 114 Å². The van der Waals surface area contributed by atoms with Gasteiger partial charge in [-0.3, -0.25) is 14.4 Å². The Bertz CT molecular complexity index is 1160. The van der Waals surface area contributed by atoms with Crippen LogP contribution in [0, 0.1) is 34.4 Å². The Hall–Kier alpha value is -2.84. The second-order valence-electron chi connectivity index (χ2n) is 13.6.